The van der Waals surface area contributed by atoms with Gasteiger partial charge in [0.1, 0.15) is 5.82 Å². The van der Waals surface area contributed by atoms with Gasteiger partial charge < -0.3 is 15.4 Å². The molecule has 0 heterocycles. The molecule has 0 saturated heterocycles. The van der Waals surface area contributed by atoms with Gasteiger partial charge in [0.15, 0.2) is 0 Å². The van der Waals surface area contributed by atoms with Crippen molar-refractivity contribution in [2.75, 3.05) is 33.4 Å². The number of carbonyl (C=O) groups is 1. The Balaban J connectivity index is 2.57. The first-order valence-electron chi connectivity index (χ1n) is 6.21. The summed E-state index contributed by atoms with van der Waals surface area (Å²) in [5, 5.41) is 5.28. The van der Waals surface area contributed by atoms with Crippen LogP contribution in [0.5, 0.6) is 0 Å². The quantitative estimate of drug-likeness (QED) is 0.597. The molecule has 1 aromatic rings. The van der Waals surface area contributed by atoms with Crippen LogP contribution in [0.1, 0.15) is 15.9 Å². The van der Waals surface area contributed by atoms with Crippen LogP contribution in [0.15, 0.2) is 18.2 Å². The third kappa shape index (κ3) is 5.68. The van der Waals surface area contributed by atoms with E-state index in [1.807, 2.05) is 0 Å². The van der Waals surface area contributed by atoms with Crippen molar-refractivity contribution in [3.05, 3.63) is 35.1 Å². The fraction of sp³-hybridized carbons (Fsp3) is 0.462. The van der Waals surface area contributed by atoms with Crippen LogP contribution in [0.25, 0.3) is 0 Å². The minimum Gasteiger partial charge on any atom is -0.383 e. The zero-order chi connectivity index (χ0) is 15.9. The second-order valence-corrected chi connectivity index (χ2v) is 4.19. The molecule has 0 bridgehead atoms. The Kier molecular flexibility index (Phi) is 6.57. The molecule has 0 unspecified atom stereocenters. The van der Waals surface area contributed by atoms with E-state index in [0.717, 1.165) is 0 Å². The van der Waals surface area contributed by atoms with E-state index >= 15 is 0 Å². The molecule has 118 valence electrons. The Morgan fingerprint density at radius 1 is 1.24 bits per heavy atom. The lowest BCUT2D eigenvalue weighted by Gasteiger charge is -2.10. The Hall–Kier alpha value is -1.67. The molecule has 1 amide bonds. The van der Waals surface area contributed by atoms with E-state index in [1.165, 1.54) is 0 Å². The second kappa shape index (κ2) is 7.94. The summed E-state index contributed by atoms with van der Waals surface area (Å²) in [5.74, 6) is -1.88. The van der Waals surface area contributed by atoms with E-state index in [1.54, 1.807) is 7.11 Å². The minimum absolute atomic E-state index is 0.165. The van der Waals surface area contributed by atoms with Crippen LogP contribution in [-0.2, 0) is 10.9 Å². The highest BCUT2D eigenvalue weighted by molar-refractivity contribution is 5.94. The predicted octanol–water partition coefficient (Wildman–Crippen LogP) is 1.81. The van der Waals surface area contributed by atoms with Gasteiger partial charge in [0, 0.05) is 26.7 Å². The van der Waals surface area contributed by atoms with Gasteiger partial charge in [-0.2, -0.15) is 13.2 Å². The molecule has 1 rings (SSSR count). The number of alkyl halides is 3. The van der Waals surface area contributed by atoms with E-state index in [2.05, 4.69) is 10.6 Å². The lowest BCUT2D eigenvalue weighted by Crippen LogP contribution is -2.33. The van der Waals surface area contributed by atoms with Crippen molar-refractivity contribution in [3.8, 4) is 0 Å². The van der Waals surface area contributed by atoms with E-state index in [-0.39, 0.29) is 6.54 Å². The summed E-state index contributed by atoms with van der Waals surface area (Å²) in [5.41, 5.74) is -1.69. The van der Waals surface area contributed by atoms with Gasteiger partial charge in [-0.3, -0.25) is 4.79 Å². The zero-order valence-electron chi connectivity index (χ0n) is 11.4. The standard InChI is InChI=1S/C13H16F4N2O2/c1-21-7-6-18-4-5-19-12(20)10-8-9(13(15,16)17)2-3-11(10)14/h2-3,8,18H,4-7H2,1H3,(H,19,20). The summed E-state index contributed by atoms with van der Waals surface area (Å²) >= 11 is 0. The summed E-state index contributed by atoms with van der Waals surface area (Å²) in [4.78, 5) is 11.7. The van der Waals surface area contributed by atoms with Gasteiger partial charge in [-0.25, -0.2) is 4.39 Å². The normalized spacial score (nSPS) is 11.5. The first kappa shape index (κ1) is 17.4. The van der Waals surface area contributed by atoms with Crippen molar-refractivity contribution in [1.82, 2.24) is 10.6 Å². The number of rotatable bonds is 7. The number of benzene rings is 1. The largest absolute Gasteiger partial charge is 0.416 e. The number of hydrogen-bond acceptors (Lipinski definition) is 3. The van der Waals surface area contributed by atoms with E-state index in [0.29, 0.717) is 37.9 Å². The molecule has 0 aliphatic rings. The van der Waals surface area contributed by atoms with E-state index < -0.39 is 29.0 Å². The van der Waals surface area contributed by atoms with Gasteiger partial charge in [-0.05, 0) is 18.2 Å². The maximum absolute atomic E-state index is 13.4. The second-order valence-electron chi connectivity index (χ2n) is 4.19. The molecule has 2 N–H and O–H groups in total. The molecule has 0 aliphatic carbocycles. The molecule has 4 nitrogen and oxygen atoms in total. The van der Waals surface area contributed by atoms with Gasteiger partial charge in [-0.15, -0.1) is 0 Å². The molecule has 8 heteroatoms. The average molecular weight is 308 g/mol. The Bertz CT molecular complexity index is 478. The summed E-state index contributed by atoms with van der Waals surface area (Å²) < 4.78 is 55.8. The first-order valence-corrected chi connectivity index (χ1v) is 6.21. The van der Waals surface area contributed by atoms with Crippen molar-refractivity contribution in [2.45, 2.75) is 6.18 Å². The van der Waals surface area contributed by atoms with E-state index in [4.69, 9.17) is 4.74 Å². The van der Waals surface area contributed by atoms with Crippen LogP contribution in [0.4, 0.5) is 17.6 Å². The Morgan fingerprint density at radius 2 is 1.95 bits per heavy atom. The molecule has 0 fully saturated rings. The fourth-order valence-corrected chi connectivity index (χ4v) is 1.53. The maximum atomic E-state index is 13.4. The third-order valence-corrected chi connectivity index (χ3v) is 2.61. The summed E-state index contributed by atoms with van der Waals surface area (Å²) in [6.45, 7) is 1.63. The maximum Gasteiger partial charge on any atom is 0.416 e. The van der Waals surface area contributed by atoms with E-state index in [9.17, 15) is 22.4 Å². The van der Waals surface area contributed by atoms with Crippen molar-refractivity contribution in [1.29, 1.82) is 0 Å². The number of methoxy groups -OCH3 is 1. The monoisotopic (exact) mass is 308 g/mol. The highest BCUT2D eigenvalue weighted by atomic mass is 19.4. The molecule has 21 heavy (non-hydrogen) atoms. The lowest BCUT2D eigenvalue weighted by molar-refractivity contribution is -0.137. The van der Waals surface area contributed by atoms with Crippen molar-refractivity contribution in [2.24, 2.45) is 0 Å². The number of carbonyl (C=O) groups excluding carboxylic acids is 1. The SMILES string of the molecule is COCCNCCNC(=O)c1cc(C(F)(F)F)ccc1F. The lowest BCUT2D eigenvalue weighted by atomic mass is 10.1. The predicted molar refractivity (Wildman–Crippen MR) is 68.5 cm³/mol. The number of ether oxygens (including phenoxy) is 1. The van der Waals surface area contributed by atoms with Gasteiger partial charge >= 0.3 is 6.18 Å². The fourth-order valence-electron chi connectivity index (χ4n) is 1.53. The van der Waals surface area contributed by atoms with Crippen molar-refractivity contribution >= 4 is 5.91 Å². The molecule has 0 radical (unpaired) electrons. The van der Waals surface area contributed by atoms with Crippen LogP contribution in [0, 0.1) is 5.82 Å². The smallest absolute Gasteiger partial charge is 0.383 e. The highest BCUT2D eigenvalue weighted by Gasteiger charge is 2.31. The summed E-state index contributed by atoms with van der Waals surface area (Å²) in [6.07, 6.45) is -4.62. The van der Waals surface area contributed by atoms with Gasteiger partial charge in [0.2, 0.25) is 0 Å². The van der Waals surface area contributed by atoms with Gasteiger partial charge in [-0.1, -0.05) is 0 Å². The summed E-state index contributed by atoms with van der Waals surface area (Å²) in [7, 11) is 1.54. The Morgan fingerprint density at radius 3 is 2.57 bits per heavy atom. The minimum atomic E-state index is -4.62. The van der Waals surface area contributed by atoms with Crippen molar-refractivity contribution < 1.29 is 27.1 Å². The Labute approximate surface area is 119 Å². The topological polar surface area (TPSA) is 50.4 Å². The zero-order valence-corrected chi connectivity index (χ0v) is 11.4. The highest BCUT2D eigenvalue weighted by Crippen LogP contribution is 2.30. The molecule has 0 aliphatic heterocycles. The molecule has 1 aromatic carbocycles. The molecular formula is C13H16F4N2O2. The summed E-state index contributed by atoms with van der Waals surface area (Å²) in [6, 6.07) is 1.73. The van der Waals surface area contributed by atoms with Crippen LogP contribution < -0.4 is 10.6 Å². The van der Waals surface area contributed by atoms with Crippen molar-refractivity contribution in [3.63, 3.8) is 0 Å². The number of nitrogens with one attached hydrogen (secondary N) is 2. The van der Waals surface area contributed by atoms with Gasteiger partial charge in [0.25, 0.3) is 5.91 Å². The number of amides is 1. The third-order valence-electron chi connectivity index (χ3n) is 2.61. The molecular weight excluding hydrogens is 292 g/mol. The van der Waals surface area contributed by atoms with Crippen LogP contribution in [0.2, 0.25) is 0 Å². The number of halogens is 4. The molecule has 0 spiro atoms. The number of hydrogen-bond donors (Lipinski definition) is 2. The van der Waals surface area contributed by atoms with Crippen LogP contribution >= 0.6 is 0 Å². The average Bonchev–Trinajstić information content (AvgIpc) is 2.41. The molecule has 0 aromatic heterocycles. The molecule has 0 saturated carbocycles. The first-order chi connectivity index (χ1) is 9.86. The molecule has 0 atom stereocenters. The van der Waals surface area contributed by atoms with Crippen LogP contribution in [0.3, 0.4) is 0 Å². The van der Waals surface area contributed by atoms with Gasteiger partial charge in [0.05, 0.1) is 17.7 Å². The van der Waals surface area contributed by atoms with Crippen LogP contribution in [-0.4, -0.2) is 39.3 Å².